The quantitative estimate of drug-likeness (QED) is 0.516. The van der Waals surface area contributed by atoms with Crippen LogP contribution in [0, 0.1) is 0 Å². The minimum Gasteiger partial charge on any atom is -0.505 e. The maximum absolute atomic E-state index is 11.9. The third kappa shape index (κ3) is 4.86. The predicted molar refractivity (Wildman–Crippen MR) is 96.8 cm³/mol. The standard InChI is InChI=1S/C16H10Cl4O6/c17-9-3-7(4-10(18)13(9)21)15(23)25-1-2-26-16(24)8-5-11(19)14(22)12(20)6-8/h3-6,21-22H,1-2H2. The van der Waals surface area contributed by atoms with Crippen LogP contribution in [0.3, 0.4) is 0 Å². The number of esters is 2. The predicted octanol–water partition coefficient (Wildman–Crippen LogP) is 4.73. The normalized spacial score (nSPS) is 10.5. The van der Waals surface area contributed by atoms with Gasteiger partial charge in [-0.2, -0.15) is 0 Å². The number of phenols is 2. The number of ether oxygens (including phenoxy) is 2. The van der Waals surface area contributed by atoms with Crippen LogP contribution in [0.2, 0.25) is 20.1 Å². The number of halogens is 4. The van der Waals surface area contributed by atoms with E-state index in [-0.39, 0.29) is 55.9 Å². The maximum atomic E-state index is 11.9. The molecule has 2 rings (SSSR count). The summed E-state index contributed by atoms with van der Waals surface area (Å²) in [6.07, 6.45) is 0. The van der Waals surface area contributed by atoms with Crippen LogP contribution in [0.1, 0.15) is 20.7 Å². The summed E-state index contributed by atoms with van der Waals surface area (Å²) >= 11 is 22.9. The maximum Gasteiger partial charge on any atom is 0.338 e. The Hall–Kier alpha value is -1.86. The molecule has 10 heteroatoms. The van der Waals surface area contributed by atoms with E-state index < -0.39 is 11.9 Å². The zero-order valence-electron chi connectivity index (χ0n) is 12.8. The Morgan fingerprint density at radius 2 is 0.962 bits per heavy atom. The van der Waals surface area contributed by atoms with Crippen LogP contribution in [0.25, 0.3) is 0 Å². The van der Waals surface area contributed by atoms with Gasteiger partial charge < -0.3 is 19.7 Å². The lowest BCUT2D eigenvalue weighted by molar-refractivity contribution is 0.0265. The molecule has 0 atom stereocenters. The van der Waals surface area contributed by atoms with Crippen LogP contribution >= 0.6 is 46.4 Å². The Balaban J connectivity index is 1.88. The molecule has 0 heterocycles. The molecule has 0 aliphatic rings. The Bertz CT molecular complexity index is 750. The van der Waals surface area contributed by atoms with Gasteiger partial charge in [-0.1, -0.05) is 46.4 Å². The molecule has 0 aromatic heterocycles. The Kier molecular flexibility index (Phi) is 6.83. The van der Waals surface area contributed by atoms with Crippen molar-refractivity contribution in [1.82, 2.24) is 0 Å². The minimum atomic E-state index is -0.763. The molecule has 0 fully saturated rings. The van der Waals surface area contributed by atoms with E-state index in [1.54, 1.807) is 0 Å². The van der Waals surface area contributed by atoms with E-state index in [4.69, 9.17) is 55.9 Å². The van der Waals surface area contributed by atoms with Gasteiger partial charge in [-0.05, 0) is 24.3 Å². The Labute approximate surface area is 167 Å². The second kappa shape index (κ2) is 8.68. The first-order valence-electron chi connectivity index (χ1n) is 6.91. The SMILES string of the molecule is O=C(OCCOC(=O)c1cc(Cl)c(O)c(Cl)c1)c1cc(Cl)c(O)c(Cl)c1. The summed E-state index contributed by atoms with van der Waals surface area (Å²) in [6.45, 7) is -0.472. The minimum absolute atomic E-state index is 0.0289. The van der Waals surface area contributed by atoms with Crippen LogP contribution in [0.4, 0.5) is 0 Å². The molecule has 138 valence electrons. The molecule has 0 radical (unpaired) electrons. The summed E-state index contributed by atoms with van der Waals surface area (Å²) in [4.78, 5) is 23.8. The van der Waals surface area contributed by atoms with Crippen LogP contribution in [0.5, 0.6) is 11.5 Å². The van der Waals surface area contributed by atoms with Crippen molar-refractivity contribution in [2.24, 2.45) is 0 Å². The summed E-state index contributed by atoms with van der Waals surface area (Å²) in [5, 5.41) is 18.5. The summed E-state index contributed by atoms with van der Waals surface area (Å²) < 4.78 is 9.85. The summed E-state index contributed by atoms with van der Waals surface area (Å²) in [5.41, 5.74) is 0.0578. The molecular formula is C16H10Cl4O6. The van der Waals surface area contributed by atoms with Gasteiger partial charge in [0.1, 0.15) is 13.2 Å². The number of carbonyl (C=O) groups excluding carboxylic acids is 2. The number of phenolic OH excluding ortho intramolecular Hbond substituents is 2. The number of hydrogen-bond donors (Lipinski definition) is 2. The van der Waals surface area contributed by atoms with E-state index in [9.17, 15) is 19.8 Å². The first-order valence-corrected chi connectivity index (χ1v) is 8.42. The average Bonchev–Trinajstić information content (AvgIpc) is 2.59. The zero-order valence-corrected chi connectivity index (χ0v) is 15.8. The largest absolute Gasteiger partial charge is 0.505 e. The molecule has 2 aromatic carbocycles. The lowest BCUT2D eigenvalue weighted by Crippen LogP contribution is -2.14. The lowest BCUT2D eigenvalue weighted by atomic mass is 10.2. The van der Waals surface area contributed by atoms with E-state index >= 15 is 0 Å². The molecule has 0 aliphatic carbocycles. The van der Waals surface area contributed by atoms with Crippen molar-refractivity contribution >= 4 is 58.3 Å². The van der Waals surface area contributed by atoms with Gasteiger partial charge in [-0.25, -0.2) is 9.59 Å². The molecule has 6 nitrogen and oxygen atoms in total. The van der Waals surface area contributed by atoms with E-state index in [1.807, 2.05) is 0 Å². The van der Waals surface area contributed by atoms with Crippen LogP contribution in [-0.2, 0) is 9.47 Å². The summed E-state index contributed by atoms with van der Waals surface area (Å²) in [7, 11) is 0. The third-order valence-corrected chi connectivity index (χ3v) is 4.21. The molecular weight excluding hydrogens is 430 g/mol. The number of aromatic hydroxyl groups is 2. The molecule has 26 heavy (non-hydrogen) atoms. The van der Waals surface area contributed by atoms with Crippen LogP contribution in [0.15, 0.2) is 24.3 Å². The van der Waals surface area contributed by atoms with E-state index in [0.717, 1.165) is 0 Å². The highest BCUT2D eigenvalue weighted by Gasteiger charge is 2.15. The van der Waals surface area contributed by atoms with Gasteiger partial charge in [0, 0.05) is 0 Å². The highest BCUT2D eigenvalue weighted by atomic mass is 35.5. The molecule has 2 aromatic rings. The smallest absolute Gasteiger partial charge is 0.338 e. The van der Waals surface area contributed by atoms with Crippen LogP contribution < -0.4 is 0 Å². The number of rotatable bonds is 5. The van der Waals surface area contributed by atoms with Gasteiger partial charge in [0.15, 0.2) is 11.5 Å². The second-order valence-electron chi connectivity index (χ2n) is 4.85. The second-order valence-corrected chi connectivity index (χ2v) is 6.48. The van der Waals surface area contributed by atoms with E-state index in [0.29, 0.717) is 0 Å². The van der Waals surface area contributed by atoms with Gasteiger partial charge in [-0.15, -0.1) is 0 Å². The highest BCUT2D eigenvalue weighted by Crippen LogP contribution is 2.33. The van der Waals surface area contributed by atoms with Crippen molar-refractivity contribution in [3.63, 3.8) is 0 Å². The fourth-order valence-corrected chi connectivity index (χ4v) is 2.78. The van der Waals surface area contributed by atoms with Crippen molar-refractivity contribution in [3.8, 4) is 11.5 Å². The van der Waals surface area contributed by atoms with E-state index in [2.05, 4.69) is 0 Å². The monoisotopic (exact) mass is 438 g/mol. The fourth-order valence-electron chi connectivity index (χ4n) is 1.80. The van der Waals surface area contributed by atoms with Gasteiger partial charge in [0.2, 0.25) is 0 Å². The Morgan fingerprint density at radius 3 is 1.23 bits per heavy atom. The van der Waals surface area contributed by atoms with Crippen molar-refractivity contribution in [2.45, 2.75) is 0 Å². The van der Waals surface area contributed by atoms with Gasteiger partial charge in [0.05, 0.1) is 31.2 Å². The number of carbonyl (C=O) groups is 2. The fraction of sp³-hybridized carbons (Fsp3) is 0.125. The molecule has 0 bridgehead atoms. The molecule has 0 amide bonds. The highest BCUT2D eigenvalue weighted by molar-refractivity contribution is 6.38. The summed E-state index contributed by atoms with van der Waals surface area (Å²) in [6, 6.07) is 4.77. The molecule has 0 spiro atoms. The van der Waals surface area contributed by atoms with E-state index in [1.165, 1.54) is 24.3 Å². The molecule has 2 N–H and O–H groups in total. The zero-order chi connectivity index (χ0) is 19.4. The lowest BCUT2D eigenvalue weighted by Gasteiger charge is -2.09. The first-order chi connectivity index (χ1) is 12.2. The van der Waals surface area contributed by atoms with Crippen molar-refractivity contribution in [2.75, 3.05) is 13.2 Å². The molecule has 0 unspecified atom stereocenters. The molecule has 0 aliphatic heterocycles. The van der Waals surface area contributed by atoms with Crippen molar-refractivity contribution in [1.29, 1.82) is 0 Å². The number of hydrogen-bond acceptors (Lipinski definition) is 6. The Morgan fingerprint density at radius 1 is 0.692 bits per heavy atom. The van der Waals surface area contributed by atoms with Gasteiger partial charge >= 0.3 is 11.9 Å². The third-order valence-electron chi connectivity index (χ3n) is 3.05. The average molecular weight is 440 g/mol. The van der Waals surface area contributed by atoms with Crippen molar-refractivity contribution in [3.05, 3.63) is 55.5 Å². The summed E-state index contributed by atoms with van der Waals surface area (Å²) in [5.74, 6) is -2.21. The van der Waals surface area contributed by atoms with Gasteiger partial charge in [-0.3, -0.25) is 0 Å². The van der Waals surface area contributed by atoms with Gasteiger partial charge in [0.25, 0.3) is 0 Å². The molecule has 0 saturated carbocycles. The first kappa shape index (κ1) is 20.5. The number of benzene rings is 2. The van der Waals surface area contributed by atoms with Crippen LogP contribution in [-0.4, -0.2) is 35.4 Å². The van der Waals surface area contributed by atoms with Crippen molar-refractivity contribution < 1.29 is 29.3 Å². The molecule has 0 saturated heterocycles. The topological polar surface area (TPSA) is 93.1 Å².